The van der Waals surface area contributed by atoms with Crippen LogP contribution in [0.4, 0.5) is 24.5 Å². The number of nitro groups is 1. The fourth-order valence-electron chi connectivity index (χ4n) is 3.89. The molecule has 0 saturated carbocycles. The predicted molar refractivity (Wildman–Crippen MR) is 115 cm³/mol. The fourth-order valence-corrected chi connectivity index (χ4v) is 3.89. The van der Waals surface area contributed by atoms with Crippen molar-refractivity contribution in [3.05, 3.63) is 81.7 Å². The summed E-state index contributed by atoms with van der Waals surface area (Å²) >= 11 is 0. The molecule has 1 aliphatic rings. The number of rotatable bonds is 4. The molecule has 2 aromatic heterocycles. The minimum atomic E-state index is -4.83. The molecule has 176 valence electrons. The molecule has 13 heteroatoms. The number of aryl methyl sites for hydroxylation is 1. The zero-order chi connectivity index (χ0) is 25.1. The average Bonchev–Trinajstić information content (AvgIpc) is 3.27. The number of halogens is 3. The Labute approximate surface area is 193 Å². The van der Waals surface area contributed by atoms with Crippen LogP contribution in [0.1, 0.15) is 26.4 Å². The highest BCUT2D eigenvalue weighted by atomic mass is 19.4. The summed E-state index contributed by atoms with van der Waals surface area (Å²) in [5, 5.41) is 15.6. The zero-order valence-corrected chi connectivity index (χ0v) is 17.6. The normalized spacial score (nSPS) is 13.4. The number of ether oxygens (including phenoxy) is 1. The number of nitrogens with zero attached hydrogens (tertiary/aromatic N) is 5. The van der Waals surface area contributed by atoms with Crippen molar-refractivity contribution in [3.8, 4) is 11.4 Å². The van der Waals surface area contributed by atoms with Crippen molar-refractivity contribution >= 4 is 34.2 Å². The monoisotopic (exact) mass is 483 g/mol. The van der Waals surface area contributed by atoms with E-state index in [4.69, 9.17) is 0 Å². The maximum absolute atomic E-state index is 13.3. The van der Waals surface area contributed by atoms with Crippen LogP contribution < -0.4 is 9.64 Å². The van der Waals surface area contributed by atoms with Crippen molar-refractivity contribution in [2.45, 2.75) is 13.3 Å². The second-order valence-electron chi connectivity index (χ2n) is 7.50. The van der Waals surface area contributed by atoms with Gasteiger partial charge in [0.1, 0.15) is 5.75 Å². The summed E-state index contributed by atoms with van der Waals surface area (Å²) in [5.41, 5.74) is 1.01. The van der Waals surface area contributed by atoms with Gasteiger partial charge in [0, 0.05) is 18.3 Å². The highest BCUT2D eigenvalue weighted by Crippen LogP contribution is 2.35. The van der Waals surface area contributed by atoms with Gasteiger partial charge in [-0.05, 0) is 43.3 Å². The van der Waals surface area contributed by atoms with Gasteiger partial charge in [-0.25, -0.2) is 14.6 Å². The number of alkyl halides is 3. The minimum absolute atomic E-state index is 0.0393. The number of fused-ring (bicyclic) bond motifs is 3. The van der Waals surface area contributed by atoms with Crippen LogP contribution in [0.3, 0.4) is 0 Å². The Morgan fingerprint density at radius 2 is 1.60 bits per heavy atom. The number of amides is 2. The van der Waals surface area contributed by atoms with Crippen molar-refractivity contribution in [1.29, 1.82) is 0 Å². The van der Waals surface area contributed by atoms with Gasteiger partial charge in [0.2, 0.25) is 0 Å². The number of aromatic nitrogens is 3. The third-order valence-corrected chi connectivity index (χ3v) is 5.36. The van der Waals surface area contributed by atoms with Crippen LogP contribution in [0.5, 0.6) is 5.75 Å². The van der Waals surface area contributed by atoms with Crippen LogP contribution in [0.2, 0.25) is 0 Å². The van der Waals surface area contributed by atoms with E-state index in [9.17, 15) is 32.9 Å². The Morgan fingerprint density at radius 3 is 2.20 bits per heavy atom. The second kappa shape index (κ2) is 7.62. The zero-order valence-electron chi connectivity index (χ0n) is 17.6. The maximum Gasteiger partial charge on any atom is 0.573 e. The standard InChI is InChI=1S/C22H12F3N5O5/c1-11-17-18-16(20(31)28(21(18)32)12-2-4-14(5-3-12)30(33)34)10-26-19(17)29(27-11)13-6-8-15(9-7-13)35-22(23,24)25/h2-10H,1H3. The molecule has 0 radical (unpaired) electrons. The molecule has 10 nitrogen and oxygen atoms in total. The van der Waals surface area contributed by atoms with E-state index in [1.165, 1.54) is 47.3 Å². The number of non-ortho nitro benzene ring substituents is 1. The number of carbonyl (C=O) groups excluding carboxylic acids is 2. The molecule has 0 saturated heterocycles. The van der Waals surface area contributed by atoms with Gasteiger partial charge < -0.3 is 4.74 Å². The molecule has 0 unspecified atom stereocenters. The number of carbonyl (C=O) groups is 2. The van der Waals surface area contributed by atoms with Gasteiger partial charge in [-0.3, -0.25) is 19.7 Å². The molecule has 0 spiro atoms. The molecule has 0 bridgehead atoms. The third-order valence-electron chi connectivity index (χ3n) is 5.36. The Hall–Kier alpha value is -4.81. The summed E-state index contributed by atoms with van der Waals surface area (Å²) in [6.07, 6.45) is -3.61. The van der Waals surface area contributed by atoms with Crippen molar-refractivity contribution in [2.75, 3.05) is 4.90 Å². The first-order valence-electron chi connectivity index (χ1n) is 9.93. The molecule has 2 aromatic carbocycles. The summed E-state index contributed by atoms with van der Waals surface area (Å²) in [4.78, 5) is 41.8. The molecule has 0 atom stereocenters. The molecule has 4 aromatic rings. The lowest BCUT2D eigenvalue weighted by atomic mass is 10.1. The molecule has 0 aliphatic carbocycles. The molecule has 0 fully saturated rings. The van der Waals surface area contributed by atoms with Crippen molar-refractivity contribution in [1.82, 2.24) is 14.8 Å². The van der Waals surface area contributed by atoms with Crippen LogP contribution in [-0.4, -0.2) is 37.9 Å². The second-order valence-corrected chi connectivity index (χ2v) is 7.50. The SMILES string of the molecule is Cc1nn(-c2ccc(OC(F)(F)F)cc2)c2ncc3c(c12)C(=O)N(c1ccc([N+](=O)[O-])cc1)C3=O. The molecule has 2 amide bonds. The van der Waals surface area contributed by atoms with Crippen LogP contribution in [0.15, 0.2) is 54.7 Å². The molecule has 1 aliphatic heterocycles. The highest BCUT2D eigenvalue weighted by Gasteiger charge is 2.40. The molecular weight excluding hydrogens is 471 g/mol. The average molecular weight is 483 g/mol. The molecular formula is C22H12F3N5O5. The lowest BCUT2D eigenvalue weighted by Gasteiger charge is -2.13. The number of hydrogen-bond donors (Lipinski definition) is 0. The Kier molecular flexibility index (Phi) is 4.79. The Bertz CT molecular complexity index is 1530. The van der Waals surface area contributed by atoms with E-state index in [-0.39, 0.29) is 28.1 Å². The smallest absolute Gasteiger partial charge is 0.406 e. The van der Waals surface area contributed by atoms with Gasteiger partial charge in [-0.15, -0.1) is 13.2 Å². The van der Waals surface area contributed by atoms with Gasteiger partial charge in [-0.2, -0.15) is 5.10 Å². The molecule has 35 heavy (non-hydrogen) atoms. The highest BCUT2D eigenvalue weighted by molar-refractivity contribution is 6.37. The first kappa shape index (κ1) is 22.0. The topological polar surface area (TPSA) is 120 Å². The van der Waals surface area contributed by atoms with E-state index in [2.05, 4.69) is 14.8 Å². The third kappa shape index (κ3) is 3.62. The Balaban J connectivity index is 1.56. The molecule has 0 N–H and O–H groups in total. The van der Waals surface area contributed by atoms with Crippen LogP contribution in [0, 0.1) is 17.0 Å². The van der Waals surface area contributed by atoms with Gasteiger partial charge in [0.25, 0.3) is 17.5 Å². The van der Waals surface area contributed by atoms with Crippen molar-refractivity contribution in [3.63, 3.8) is 0 Å². The molecule has 3 heterocycles. The van der Waals surface area contributed by atoms with Gasteiger partial charge >= 0.3 is 6.36 Å². The largest absolute Gasteiger partial charge is 0.573 e. The van der Waals surface area contributed by atoms with Crippen LogP contribution in [-0.2, 0) is 0 Å². The van der Waals surface area contributed by atoms with E-state index >= 15 is 0 Å². The summed E-state index contributed by atoms with van der Waals surface area (Å²) in [7, 11) is 0. The minimum Gasteiger partial charge on any atom is -0.406 e. The summed E-state index contributed by atoms with van der Waals surface area (Å²) in [5.74, 6) is -1.71. The van der Waals surface area contributed by atoms with Crippen molar-refractivity contribution < 1.29 is 32.4 Å². The van der Waals surface area contributed by atoms with E-state index in [1.807, 2.05) is 0 Å². The fraction of sp³-hybridized carbons (Fsp3) is 0.0909. The number of nitro benzene ring substituents is 1. The van der Waals surface area contributed by atoms with E-state index in [1.54, 1.807) is 6.92 Å². The number of anilines is 1. The van der Waals surface area contributed by atoms with Crippen LogP contribution >= 0.6 is 0 Å². The van der Waals surface area contributed by atoms with Gasteiger partial charge in [0.15, 0.2) is 5.65 Å². The summed E-state index contributed by atoms with van der Waals surface area (Å²) in [6, 6.07) is 9.88. The van der Waals surface area contributed by atoms with Crippen LogP contribution in [0.25, 0.3) is 16.7 Å². The summed E-state index contributed by atoms with van der Waals surface area (Å²) < 4.78 is 42.5. The lowest BCUT2D eigenvalue weighted by molar-refractivity contribution is -0.384. The molecule has 5 rings (SSSR count). The lowest BCUT2D eigenvalue weighted by Crippen LogP contribution is -2.29. The number of pyridine rings is 1. The summed E-state index contributed by atoms with van der Waals surface area (Å²) in [6.45, 7) is 1.61. The van der Waals surface area contributed by atoms with Gasteiger partial charge in [-0.1, -0.05) is 0 Å². The Morgan fingerprint density at radius 1 is 0.971 bits per heavy atom. The number of hydrogen-bond acceptors (Lipinski definition) is 7. The van der Waals surface area contributed by atoms with E-state index < -0.39 is 28.8 Å². The van der Waals surface area contributed by atoms with E-state index in [0.717, 1.165) is 17.0 Å². The first-order chi connectivity index (χ1) is 16.5. The number of benzene rings is 2. The van der Waals surface area contributed by atoms with E-state index in [0.29, 0.717) is 16.8 Å². The van der Waals surface area contributed by atoms with Gasteiger partial charge in [0.05, 0.1) is 38.5 Å². The quantitative estimate of drug-likeness (QED) is 0.241. The predicted octanol–water partition coefficient (Wildman–Crippen LogP) is 4.34. The number of imide groups is 1. The first-order valence-corrected chi connectivity index (χ1v) is 9.93. The van der Waals surface area contributed by atoms with Crippen molar-refractivity contribution in [2.24, 2.45) is 0 Å². The maximum atomic E-state index is 13.3.